The zero-order valence-corrected chi connectivity index (χ0v) is 24.4. The Balaban J connectivity index is 0. The lowest BCUT2D eigenvalue weighted by molar-refractivity contribution is -0.137. The van der Waals surface area contributed by atoms with Crippen LogP contribution >= 0.6 is 0 Å². The van der Waals surface area contributed by atoms with E-state index in [1.54, 1.807) is 0 Å². The summed E-state index contributed by atoms with van der Waals surface area (Å²) in [5.74, 6) is -0.653. The van der Waals surface area contributed by atoms with Crippen molar-refractivity contribution in [1.29, 1.82) is 0 Å². The Morgan fingerprint density at radius 3 is 1.24 bits per heavy atom. The molecule has 0 amide bonds. The molecule has 3 N–H and O–H groups in total. The number of hydrogen-bond donors (Lipinski definition) is 2. The first-order chi connectivity index (χ1) is 16.4. The molecule has 6 nitrogen and oxygen atoms in total. The fourth-order valence-electron chi connectivity index (χ4n) is 3.95. The zero-order valence-electron chi connectivity index (χ0n) is 23.4. The summed E-state index contributed by atoms with van der Waals surface area (Å²) in [6, 6.07) is 0. The molecule has 0 fully saturated rings. The van der Waals surface area contributed by atoms with E-state index < -0.39 is 14.8 Å². The largest absolute Gasteiger partial charge is 0.518 e. The van der Waals surface area contributed by atoms with Crippen LogP contribution in [0.1, 0.15) is 144 Å². The van der Waals surface area contributed by atoms with E-state index in [1.807, 2.05) is 27.7 Å². The highest BCUT2D eigenvalue weighted by Crippen LogP contribution is 2.16. The summed E-state index contributed by atoms with van der Waals surface area (Å²) in [5.41, 5.74) is 5.87. The average molecular weight is 506 g/mol. The van der Waals surface area contributed by atoms with Crippen LogP contribution in [-0.4, -0.2) is 45.4 Å². The van der Waals surface area contributed by atoms with Crippen molar-refractivity contribution in [3.8, 4) is 0 Å². The first-order valence-corrected chi connectivity index (χ1v) is 16.1. The highest BCUT2D eigenvalue weighted by Gasteiger charge is 2.46. The summed E-state index contributed by atoms with van der Waals surface area (Å²) in [6.07, 6.45) is 21.0. The van der Waals surface area contributed by atoms with E-state index in [0.29, 0.717) is 26.2 Å². The first kappa shape index (κ1) is 35.7. The number of unbranched alkanes of at least 4 members (excludes halogenated alkanes) is 14. The molecule has 0 aromatic carbocycles. The van der Waals surface area contributed by atoms with Gasteiger partial charge in [-0.15, -0.1) is 0 Å². The lowest BCUT2D eigenvalue weighted by atomic mass is 10.0. The van der Waals surface area contributed by atoms with Crippen LogP contribution in [0.5, 0.6) is 0 Å². The maximum absolute atomic E-state index is 10.3. The van der Waals surface area contributed by atoms with E-state index in [-0.39, 0.29) is 5.67 Å². The Labute approximate surface area is 213 Å². The third-order valence-electron chi connectivity index (χ3n) is 5.92. The molecule has 0 heterocycles. The maximum atomic E-state index is 10.3. The molecule has 34 heavy (non-hydrogen) atoms. The summed E-state index contributed by atoms with van der Waals surface area (Å²) in [7, 11) is -2.62. The topological polar surface area (TPSA) is 91.0 Å². The normalized spacial score (nSPS) is 12.3. The van der Waals surface area contributed by atoms with Gasteiger partial charge in [-0.05, 0) is 33.6 Å². The van der Waals surface area contributed by atoms with Crippen molar-refractivity contribution in [2.75, 3.05) is 19.8 Å². The van der Waals surface area contributed by atoms with Crippen LogP contribution in [0.4, 0.5) is 0 Å². The van der Waals surface area contributed by atoms with Crippen molar-refractivity contribution < 1.29 is 23.2 Å². The molecule has 0 rings (SSSR count). The molecular formula is C27H59NO5Si. The lowest BCUT2D eigenvalue weighted by Crippen LogP contribution is -2.60. The summed E-state index contributed by atoms with van der Waals surface area (Å²) in [5, 5.41) is 8.52. The van der Waals surface area contributed by atoms with Gasteiger partial charge in [0.2, 0.25) is 0 Å². The van der Waals surface area contributed by atoms with Crippen molar-refractivity contribution in [3.05, 3.63) is 0 Å². The van der Waals surface area contributed by atoms with E-state index in [2.05, 4.69) is 6.92 Å². The zero-order chi connectivity index (χ0) is 25.9. The van der Waals surface area contributed by atoms with E-state index in [1.165, 1.54) is 83.5 Å². The number of aliphatic carboxylic acids is 1. The highest BCUT2D eigenvalue weighted by molar-refractivity contribution is 6.62. The van der Waals surface area contributed by atoms with Crippen molar-refractivity contribution >= 4 is 14.8 Å². The SMILES string of the molecule is CCCCCCCCCCCCCCCCCC(=O)O.CCO[Si](OCC)(OCC)C(N)CC. The number of carboxylic acid groups (broad SMARTS) is 1. The molecule has 7 heteroatoms. The monoisotopic (exact) mass is 505 g/mol. The van der Waals surface area contributed by atoms with Crippen LogP contribution in [0.2, 0.25) is 0 Å². The van der Waals surface area contributed by atoms with Gasteiger partial charge in [0.25, 0.3) is 0 Å². The maximum Gasteiger partial charge on any atom is 0.518 e. The first-order valence-electron chi connectivity index (χ1n) is 14.3. The van der Waals surface area contributed by atoms with Gasteiger partial charge in [0.1, 0.15) is 0 Å². The van der Waals surface area contributed by atoms with Gasteiger partial charge < -0.3 is 24.1 Å². The molecule has 0 aliphatic carbocycles. The fourth-order valence-corrected chi connectivity index (χ4v) is 6.55. The third kappa shape index (κ3) is 22.0. The summed E-state index contributed by atoms with van der Waals surface area (Å²) >= 11 is 0. The quantitative estimate of drug-likeness (QED) is 0.103. The smallest absolute Gasteiger partial charge is 0.481 e. The van der Waals surface area contributed by atoms with Crippen molar-refractivity contribution in [3.63, 3.8) is 0 Å². The van der Waals surface area contributed by atoms with Crippen LogP contribution in [0, 0.1) is 0 Å². The third-order valence-corrected chi connectivity index (χ3v) is 9.31. The number of nitrogens with two attached hydrogens (primary N) is 1. The predicted octanol–water partition coefficient (Wildman–Crippen LogP) is 7.64. The molecular weight excluding hydrogens is 446 g/mol. The highest BCUT2D eigenvalue weighted by atomic mass is 28.4. The van der Waals surface area contributed by atoms with Crippen molar-refractivity contribution in [1.82, 2.24) is 0 Å². The lowest BCUT2D eigenvalue weighted by Gasteiger charge is -2.32. The Kier molecular flexibility index (Phi) is 28.5. The molecule has 0 aromatic heterocycles. The molecule has 0 spiro atoms. The molecule has 1 unspecified atom stereocenters. The fraction of sp³-hybridized carbons (Fsp3) is 0.963. The van der Waals surface area contributed by atoms with Gasteiger partial charge in [0, 0.05) is 26.2 Å². The van der Waals surface area contributed by atoms with Gasteiger partial charge >= 0.3 is 14.8 Å². The summed E-state index contributed by atoms with van der Waals surface area (Å²) in [6.45, 7) is 11.8. The minimum atomic E-state index is -2.62. The van der Waals surface area contributed by atoms with Gasteiger partial charge in [-0.25, -0.2) is 0 Å². The van der Waals surface area contributed by atoms with Gasteiger partial charge in [-0.2, -0.15) is 0 Å². The molecule has 0 saturated carbocycles. The Morgan fingerprint density at radius 1 is 0.647 bits per heavy atom. The Hall–Kier alpha value is -0.473. The molecule has 1 atom stereocenters. The number of hydrogen-bond acceptors (Lipinski definition) is 5. The molecule has 0 bridgehead atoms. The van der Waals surface area contributed by atoms with Crippen molar-refractivity contribution in [2.45, 2.75) is 149 Å². The second-order valence-electron chi connectivity index (χ2n) is 9.01. The number of carbonyl (C=O) groups is 1. The van der Waals surface area contributed by atoms with Crippen LogP contribution in [0.3, 0.4) is 0 Å². The molecule has 0 radical (unpaired) electrons. The second-order valence-corrected chi connectivity index (χ2v) is 11.8. The molecule has 0 aromatic rings. The van der Waals surface area contributed by atoms with E-state index >= 15 is 0 Å². The molecule has 206 valence electrons. The Morgan fingerprint density at radius 2 is 0.971 bits per heavy atom. The van der Waals surface area contributed by atoms with E-state index in [4.69, 9.17) is 24.1 Å². The van der Waals surface area contributed by atoms with E-state index in [9.17, 15) is 4.79 Å². The van der Waals surface area contributed by atoms with Gasteiger partial charge in [0.05, 0.1) is 5.67 Å². The molecule has 0 aliphatic heterocycles. The van der Waals surface area contributed by atoms with E-state index in [0.717, 1.165) is 19.3 Å². The van der Waals surface area contributed by atoms with Gasteiger partial charge in [-0.1, -0.05) is 104 Å². The second kappa shape index (κ2) is 27.1. The van der Waals surface area contributed by atoms with Gasteiger partial charge in [0.15, 0.2) is 0 Å². The van der Waals surface area contributed by atoms with Crippen LogP contribution in [0.15, 0.2) is 0 Å². The Bertz CT molecular complexity index is 409. The number of carboxylic acids is 1. The summed E-state index contributed by atoms with van der Waals surface area (Å²) in [4.78, 5) is 10.3. The van der Waals surface area contributed by atoms with Crippen LogP contribution in [0.25, 0.3) is 0 Å². The number of rotatable bonds is 24. The molecule has 0 aliphatic rings. The standard InChI is InChI=1S/C18H36O2.C9H23NO3Si/c1-2-3-4-5-6-7-8-9-10-11-12-13-14-15-16-17-18(19)20;1-5-9(10)14(11-6-2,12-7-3)13-8-4/h2-17H2,1H3,(H,19,20);9H,5-8,10H2,1-4H3. The van der Waals surface area contributed by atoms with Crippen molar-refractivity contribution in [2.24, 2.45) is 5.73 Å². The minimum absolute atomic E-state index is 0.123. The predicted molar refractivity (Wildman–Crippen MR) is 146 cm³/mol. The van der Waals surface area contributed by atoms with Crippen LogP contribution in [-0.2, 0) is 18.1 Å². The average Bonchev–Trinajstić information content (AvgIpc) is 2.81. The minimum Gasteiger partial charge on any atom is -0.481 e. The van der Waals surface area contributed by atoms with Crippen LogP contribution < -0.4 is 5.73 Å². The van der Waals surface area contributed by atoms with Gasteiger partial charge in [-0.3, -0.25) is 4.79 Å². The summed E-state index contributed by atoms with van der Waals surface area (Å²) < 4.78 is 16.9. The molecule has 0 saturated heterocycles.